The standard InChI is InChI=1S/C21H24N4O/c1-16(17-9-3-2-4-10-17)26-19-12-6-5-11-18(19)22-15-21-24-23-20-13-7-8-14-25(20)21/h2-6,9-12,16,22H,7-8,13-15H2,1H3/t16-/m1/s1. The minimum Gasteiger partial charge on any atom is -0.484 e. The molecule has 5 nitrogen and oxygen atoms in total. The molecule has 4 rings (SSSR count). The van der Waals surface area contributed by atoms with Crippen LogP contribution in [0.5, 0.6) is 5.75 Å². The zero-order valence-corrected chi connectivity index (χ0v) is 15.1. The first-order valence-corrected chi connectivity index (χ1v) is 9.27. The maximum absolute atomic E-state index is 6.21. The lowest BCUT2D eigenvalue weighted by molar-refractivity contribution is 0.228. The lowest BCUT2D eigenvalue weighted by Crippen LogP contribution is -2.15. The Kier molecular flexibility index (Phi) is 4.86. The molecule has 1 aliphatic rings. The summed E-state index contributed by atoms with van der Waals surface area (Å²) in [5.74, 6) is 2.95. The summed E-state index contributed by atoms with van der Waals surface area (Å²) in [6.45, 7) is 3.73. The van der Waals surface area contributed by atoms with Gasteiger partial charge in [-0.15, -0.1) is 10.2 Å². The van der Waals surface area contributed by atoms with Crippen molar-refractivity contribution in [1.82, 2.24) is 14.8 Å². The maximum atomic E-state index is 6.21. The second-order valence-electron chi connectivity index (χ2n) is 6.66. The van der Waals surface area contributed by atoms with E-state index in [4.69, 9.17) is 4.74 Å². The molecule has 1 aromatic heterocycles. The molecule has 0 spiro atoms. The van der Waals surface area contributed by atoms with Crippen LogP contribution in [0.2, 0.25) is 0 Å². The van der Waals surface area contributed by atoms with Crippen molar-refractivity contribution in [1.29, 1.82) is 0 Å². The van der Waals surface area contributed by atoms with E-state index in [1.165, 1.54) is 12.8 Å². The molecule has 0 aliphatic carbocycles. The van der Waals surface area contributed by atoms with Crippen LogP contribution in [0.4, 0.5) is 5.69 Å². The van der Waals surface area contributed by atoms with Gasteiger partial charge in [-0.25, -0.2) is 0 Å². The zero-order chi connectivity index (χ0) is 17.8. The Morgan fingerprint density at radius 1 is 1.04 bits per heavy atom. The van der Waals surface area contributed by atoms with Crippen molar-refractivity contribution in [3.8, 4) is 5.75 Å². The molecule has 0 unspecified atom stereocenters. The number of para-hydroxylation sites is 2. The molecule has 134 valence electrons. The first-order chi connectivity index (χ1) is 12.8. The van der Waals surface area contributed by atoms with Gasteiger partial charge in [0.05, 0.1) is 12.2 Å². The smallest absolute Gasteiger partial charge is 0.152 e. The summed E-state index contributed by atoms with van der Waals surface area (Å²) in [5, 5.41) is 12.2. The lowest BCUT2D eigenvalue weighted by Gasteiger charge is -2.19. The average molecular weight is 348 g/mol. The molecule has 3 aromatic rings. The molecule has 0 saturated heterocycles. The van der Waals surface area contributed by atoms with Crippen LogP contribution in [0.15, 0.2) is 54.6 Å². The monoisotopic (exact) mass is 348 g/mol. The molecule has 0 fully saturated rings. The molecule has 0 saturated carbocycles. The van der Waals surface area contributed by atoms with Gasteiger partial charge in [0, 0.05) is 13.0 Å². The number of rotatable bonds is 6. The van der Waals surface area contributed by atoms with E-state index < -0.39 is 0 Å². The fraction of sp³-hybridized carbons (Fsp3) is 0.333. The van der Waals surface area contributed by atoms with Gasteiger partial charge in [0.15, 0.2) is 5.82 Å². The van der Waals surface area contributed by atoms with Crippen LogP contribution < -0.4 is 10.1 Å². The fourth-order valence-electron chi connectivity index (χ4n) is 3.37. The van der Waals surface area contributed by atoms with Crippen LogP contribution in [0.1, 0.15) is 43.1 Å². The summed E-state index contributed by atoms with van der Waals surface area (Å²) in [6, 6.07) is 18.3. The molecule has 0 bridgehead atoms. The Morgan fingerprint density at radius 3 is 2.73 bits per heavy atom. The minimum atomic E-state index is -0.0139. The highest BCUT2D eigenvalue weighted by atomic mass is 16.5. The molecular formula is C21H24N4O. The lowest BCUT2D eigenvalue weighted by atomic mass is 10.1. The van der Waals surface area contributed by atoms with E-state index >= 15 is 0 Å². The Morgan fingerprint density at radius 2 is 1.85 bits per heavy atom. The van der Waals surface area contributed by atoms with E-state index in [0.717, 1.165) is 41.6 Å². The predicted octanol–water partition coefficient (Wildman–Crippen LogP) is 4.37. The van der Waals surface area contributed by atoms with Gasteiger partial charge < -0.3 is 14.6 Å². The van der Waals surface area contributed by atoms with Gasteiger partial charge in [0.2, 0.25) is 0 Å². The van der Waals surface area contributed by atoms with Gasteiger partial charge in [-0.05, 0) is 37.5 Å². The summed E-state index contributed by atoms with van der Waals surface area (Å²) in [5.41, 5.74) is 2.14. The van der Waals surface area contributed by atoms with Crippen molar-refractivity contribution in [2.45, 2.75) is 45.4 Å². The van der Waals surface area contributed by atoms with Crippen LogP contribution >= 0.6 is 0 Å². The van der Waals surface area contributed by atoms with Gasteiger partial charge in [-0.3, -0.25) is 0 Å². The van der Waals surface area contributed by atoms with Crippen molar-refractivity contribution in [2.75, 3.05) is 5.32 Å². The van der Waals surface area contributed by atoms with Crippen LogP contribution in [-0.2, 0) is 19.5 Å². The second-order valence-corrected chi connectivity index (χ2v) is 6.66. The van der Waals surface area contributed by atoms with Crippen LogP contribution in [0.25, 0.3) is 0 Å². The molecule has 1 N–H and O–H groups in total. The summed E-state index contributed by atoms with van der Waals surface area (Å²) < 4.78 is 8.45. The fourth-order valence-corrected chi connectivity index (χ4v) is 3.37. The third-order valence-electron chi connectivity index (χ3n) is 4.83. The van der Waals surface area contributed by atoms with Gasteiger partial charge in [0.1, 0.15) is 17.7 Å². The zero-order valence-electron chi connectivity index (χ0n) is 15.1. The van der Waals surface area contributed by atoms with Gasteiger partial charge in [-0.2, -0.15) is 0 Å². The SMILES string of the molecule is C[C@@H](Oc1ccccc1NCc1nnc2n1CCCC2)c1ccccc1. The first-order valence-electron chi connectivity index (χ1n) is 9.27. The number of nitrogens with one attached hydrogen (secondary N) is 1. The maximum Gasteiger partial charge on any atom is 0.152 e. The Bertz CT molecular complexity index is 859. The van der Waals surface area contributed by atoms with Crippen LogP contribution in [-0.4, -0.2) is 14.8 Å². The number of hydrogen-bond donors (Lipinski definition) is 1. The largest absolute Gasteiger partial charge is 0.484 e. The van der Waals surface area contributed by atoms with Crippen LogP contribution in [0.3, 0.4) is 0 Å². The molecule has 5 heteroatoms. The van der Waals surface area contributed by atoms with Crippen molar-refractivity contribution < 1.29 is 4.74 Å². The van der Waals surface area contributed by atoms with Crippen molar-refractivity contribution >= 4 is 5.69 Å². The predicted molar refractivity (Wildman–Crippen MR) is 102 cm³/mol. The van der Waals surface area contributed by atoms with Gasteiger partial charge in [-0.1, -0.05) is 42.5 Å². The van der Waals surface area contributed by atoms with Crippen molar-refractivity contribution in [3.63, 3.8) is 0 Å². The number of fused-ring (bicyclic) bond motifs is 1. The topological polar surface area (TPSA) is 52.0 Å². The van der Waals surface area contributed by atoms with E-state index in [2.05, 4.69) is 39.1 Å². The van der Waals surface area contributed by atoms with E-state index in [1.807, 2.05) is 42.5 Å². The third-order valence-corrected chi connectivity index (χ3v) is 4.83. The summed E-state index contributed by atoms with van der Waals surface area (Å²) in [7, 11) is 0. The number of benzene rings is 2. The van der Waals surface area contributed by atoms with Crippen molar-refractivity contribution in [3.05, 3.63) is 71.8 Å². The van der Waals surface area contributed by atoms with Crippen LogP contribution in [0, 0.1) is 0 Å². The quantitative estimate of drug-likeness (QED) is 0.719. The summed E-state index contributed by atoms with van der Waals surface area (Å²) in [6.07, 6.45) is 3.42. The molecule has 2 aromatic carbocycles. The van der Waals surface area contributed by atoms with E-state index in [-0.39, 0.29) is 6.10 Å². The molecular weight excluding hydrogens is 324 g/mol. The number of anilines is 1. The molecule has 2 heterocycles. The Labute approximate surface area is 154 Å². The normalized spacial score (nSPS) is 14.5. The molecule has 0 radical (unpaired) electrons. The highest BCUT2D eigenvalue weighted by Gasteiger charge is 2.16. The van der Waals surface area contributed by atoms with Gasteiger partial charge in [0.25, 0.3) is 0 Å². The van der Waals surface area contributed by atoms with E-state index in [1.54, 1.807) is 0 Å². The molecule has 0 amide bonds. The highest BCUT2D eigenvalue weighted by Crippen LogP contribution is 2.29. The third kappa shape index (κ3) is 3.57. The summed E-state index contributed by atoms with van der Waals surface area (Å²) >= 11 is 0. The average Bonchev–Trinajstić information content (AvgIpc) is 3.11. The second kappa shape index (κ2) is 7.60. The van der Waals surface area contributed by atoms with Crippen molar-refractivity contribution in [2.24, 2.45) is 0 Å². The van der Waals surface area contributed by atoms with E-state index in [0.29, 0.717) is 6.54 Å². The van der Waals surface area contributed by atoms with E-state index in [9.17, 15) is 0 Å². The molecule has 1 atom stereocenters. The minimum absolute atomic E-state index is 0.0139. The Hall–Kier alpha value is -2.82. The highest BCUT2D eigenvalue weighted by molar-refractivity contribution is 5.56. The first kappa shape index (κ1) is 16.6. The number of aryl methyl sites for hydroxylation is 1. The summed E-state index contributed by atoms with van der Waals surface area (Å²) in [4.78, 5) is 0. The number of hydrogen-bond acceptors (Lipinski definition) is 4. The Balaban J connectivity index is 1.47. The number of ether oxygens (including phenoxy) is 1. The number of nitrogens with zero attached hydrogens (tertiary/aromatic N) is 3. The van der Waals surface area contributed by atoms with Gasteiger partial charge >= 0.3 is 0 Å². The molecule has 1 aliphatic heterocycles. The molecule has 26 heavy (non-hydrogen) atoms. The number of aromatic nitrogens is 3.